The number of hydrogen-bond acceptors (Lipinski definition) is 4. The number of aryl methyl sites for hydroxylation is 1. The number of rotatable bonds is 4. The second kappa shape index (κ2) is 6.53. The standard InChI is InChI=1S/C14H21N3O3S/c1-11-5-3-7-13(16-11)14(18)17-8-4-6-12(10-17)9-15-21(2,19)20/h3,5,7,12,15H,4,6,8-10H2,1-2H3/t12-/m0/s1. The molecule has 0 unspecified atom stereocenters. The topological polar surface area (TPSA) is 79.4 Å². The summed E-state index contributed by atoms with van der Waals surface area (Å²) in [5.74, 6) is 0.0741. The van der Waals surface area contributed by atoms with Crippen molar-refractivity contribution in [3.63, 3.8) is 0 Å². The molecule has 0 aliphatic carbocycles. The Hall–Kier alpha value is -1.47. The van der Waals surface area contributed by atoms with E-state index in [0.29, 0.717) is 25.3 Å². The third-order valence-corrected chi connectivity index (χ3v) is 4.24. The van der Waals surface area contributed by atoms with Gasteiger partial charge >= 0.3 is 0 Å². The van der Waals surface area contributed by atoms with Crippen molar-refractivity contribution in [2.75, 3.05) is 25.9 Å². The zero-order chi connectivity index (χ0) is 15.5. The van der Waals surface area contributed by atoms with Gasteiger partial charge in [-0.1, -0.05) is 6.07 Å². The van der Waals surface area contributed by atoms with Crippen molar-refractivity contribution < 1.29 is 13.2 Å². The van der Waals surface area contributed by atoms with Crippen LogP contribution in [-0.4, -0.2) is 50.1 Å². The molecule has 1 aliphatic heterocycles. The van der Waals surface area contributed by atoms with Gasteiger partial charge in [0.05, 0.1) is 6.26 Å². The molecule has 1 aliphatic rings. The summed E-state index contributed by atoms with van der Waals surface area (Å²) in [6, 6.07) is 5.39. The maximum Gasteiger partial charge on any atom is 0.272 e. The molecule has 6 nitrogen and oxygen atoms in total. The van der Waals surface area contributed by atoms with Crippen LogP contribution in [0.3, 0.4) is 0 Å². The van der Waals surface area contributed by atoms with Gasteiger partial charge in [-0.3, -0.25) is 4.79 Å². The molecule has 1 aromatic rings. The van der Waals surface area contributed by atoms with E-state index in [2.05, 4.69) is 9.71 Å². The van der Waals surface area contributed by atoms with Crippen molar-refractivity contribution in [1.82, 2.24) is 14.6 Å². The van der Waals surface area contributed by atoms with Crippen LogP contribution >= 0.6 is 0 Å². The summed E-state index contributed by atoms with van der Waals surface area (Å²) in [6.07, 6.45) is 2.95. The number of piperidine rings is 1. The van der Waals surface area contributed by atoms with Crippen LogP contribution in [0.1, 0.15) is 29.0 Å². The van der Waals surface area contributed by atoms with Crippen LogP contribution in [0.25, 0.3) is 0 Å². The van der Waals surface area contributed by atoms with Crippen LogP contribution in [0.15, 0.2) is 18.2 Å². The number of aromatic nitrogens is 1. The van der Waals surface area contributed by atoms with Crippen LogP contribution in [-0.2, 0) is 10.0 Å². The van der Waals surface area contributed by atoms with E-state index < -0.39 is 10.0 Å². The second-order valence-corrected chi connectivity index (χ2v) is 7.38. The molecule has 1 saturated heterocycles. The molecule has 2 rings (SSSR count). The van der Waals surface area contributed by atoms with Crippen LogP contribution < -0.4 is 4.72 Å². The number of amides is 1. The third kappa shape index (κ3) is 4.78. The Morgan fingerprint density at radius 2 is 2.24 bits per heavy atom. The molecule has 1 fully saturated rings. The highest BCUT2D eigenvalue weighted by atomic mass is 32.2. The highest BCUT2D eigenvalue weighted by Crippen LogP contribution is 2.18. The van der Waals surface area contributed by atoms with Gasteiger partial charge in [0.1, 0.15) is 5.69 Å². The van der Waals surface area contributed by atoms with E-state index in [1.807, 2.05) is 19.1 Å². The van der Waals surface area contributed by atoms with Crippen LogP contribution in [0.2, 0.25) is 0 Å². The normalized spacial score (nSPS) is 19.5. The maximum atomic E-state index is 12.4. The summed E-state index contributed by atoms with van der Waals surface area (Å²) in [5, 5.41) is 0. The van der Waals surface area contributed by atoms with Gasteiger partial charge in [0.2, 0.25) is 10.0 Å². The first-order chi connectivity index (χ1) is 9.85. The van der Waals surface area contributed by atoms with E-state index in [4.69, 9.17) is 0 Å². The third-order valence-electron chi connectivity index (χ3n) is 3.55. The summed E-state index contributed by atoms with van der Waals surface area (Å²) < 4.78 is 24.8. The summed E-state index contributed by atoms with van der Waals surface area (Å²) in [6.45, 7) is 3.50. The number of nitrogens with zero attached hydrogens (tertiary/aromatic N) is 2. The van der Waals surface area contributed by atoms with Gasteiger partial charge in [-0.25, -0.2) is 18.1 Å². The number of pyridine rings is 1. The molecular formula is C14H21N3O3S. The largest absolute Gasteiger partial charge is 0.337 e. The van der Waals surface area contributed by atoms with E-state index in [0.717, 1.165) is 24.8 Å². The fourth-order valence-corrected chi connectivity index (χ4v) is 3.05. The first kappa shape index (κ1) is 15.9. The Labute approximate surface area is 125 Å². The molecule has 1 atom stereocenters. The molecule has 0 saturated carbocycles. The predicted molar refractivity (Wildman–Crippen MR) is 80.4 cm³/mol. The number of sulfonamides is 1. The molecule has 0 aromatic carbocycles. The minimum Gasteiger partial charge on any atom is -0.337 e. The number of nitrogens with one attached hydrogen (secondary N) is 1. The number of hydrogen-bond donors (Lipinski definition) is 1. The van der Waals surface area contributed by atoms with Crippen LogP contribution in [0.5, 0.6) is 0 Å². The summed E-state index contributed by atoms with van der Waals surface area (Å²) in [4.78, 5) is 18.4. The van der Waals surface area contributed by atoms with Crippen LogP contribution in [0.4, 0.5) is 0 Å². The zero-order valence-electron chi connectivity index (χ0n) is 12.4. The van der Waals surface area contributed by atoms with Gasteiger partial charge in [0.15, 0.2) is 0 Å². The average molecular weight is 311 g/mol. The first-order valence-electron chi connectivity index (χ1n) is 7.03. The molecule has 116 valence electrons. The lowest BCUT2D eigenvalue weighted by molar-refractivity contribution is 0.0670. The first-order valence-corrected chi connectivity index (χ1v) is 8.92. The fourth-order valence-electron chi connectivity index (χ4n) is 2.51. The van der Waals surface area contributed by atoms with Crippen molar-refractivity contribution in [3.8, 4) is 0 Å². The summed E-state index contributed by atoms with van der Waals surface area (Å²) >= 11 is 0. The van der Waals surface area contributed by atoms with E-state index in [9.17, 15) is 13.2 Å². The Bertz CT molecular complexity index is 616. The van der Waals surface area contributed by atoms with E-state index >= 15 is 0 Å². The highest BCUT2D eigenvalue weighted by molar-refractivity contribution is 7.88. The van der Waals surface area contributed by atoms with Crippen molar-refractivity contribution in [1.29, 1.82) is 0 Å². The minimum atomic E-state index is -3.18. The lowest BCUT2D eigenvalue weighted by Crippen LogP contribution is -2.43. The van der Waals surface area contributed by atoms with Crippen molar-refractivity contribution >= 4 is 15.9 Å². The van der Waals surface area contributed by atoms with Crippen molar-refractivity contribution in [2.45, 2.75) is 19.8 Å². The molecule has 1 amide bonds. The summed E-state index contributed by atoms with van der Waals surface area (Å²) in [5.41, 5.74) is 1.26. The monoisotopic (exact) mass is 311 g/mol. The molecule has 0 spiro atoms. The molecule has 1 N–H and O–H groups in total. The van der Waals surface area contributed by atoms with Gasteiger partial charge in [-0.05, 0) is 37.8 Å². The van der Waals surface area contributed by atoms with Gasteiger partial charge < -0.3 is 4.90 Å². The minimum absolute atomic E-state index is 0.0808. The lowest BCUT2D eigenvalue weighted by Gasteiger charge is -2.32. The number of carbonyl (C=O) groups excluding carboxylic acids is 1. The highest BCUT2D eigenvalue weighted by Gasteiger charge is 2.25. The zero-order valence-corrected chi connectivity index (χ0v) is 13.2. The van der Waals surface area contributed by atoms with Gasteiger partial charge in [-0.15, -0.1) is 0 Å². The number of carbonyl (C=O) groups is 1. The second-order valence-electron chi connectivity index (χ2n) is 5.54. The Morgan fingerprint density at radius 1 is 1.48 bits per heavy atom. The van der Waals surface area contributed by atoms with Crippen LogP contribution in [0, 0.1) is 12.8 Å². The Kier molecular flexibility index (Phi) is 4.95. The predicted octanol–water partition coefficient (Wildman–Crippen LogP) is 0.791. The molecule has 2 heterocycles. The summed E-state index contributed by atoms with van der Waals surface area (Å²) in [7, 11) is -3.18. The lowest BCUT2D eigenvalue weighted by atomic mass is 9.98. The van der Waals surface area contributed by atoms with Gasteiger partial charge in [0.25, 0.3) is 5.91 Å². The fraction of sp³-hybridized carbons (Fsp3) is 0.571. The van der Waals surface area contributed by atoms with Crippen molar-refractivity contribution in [2.24, 2.45) is 5.92 Å². The quantitative estimate of drug-likeness (QED) is 0.891. The van der Waals surface area contributed by atoms with E-state index in [-0.39, 0.29) is 11.8 Å². The molecule has 0 radical (unpaired) electrons. The Balaban J connectivity index is 1.99. The SMILES string of the molecule is Cc1cccc(C(=O)N2CCC[C@@H](CNS(C)(=O)=O)C2)n1. The average Bonchev–Trinajstić information content (AvgIpc) is 2.44. The molecule has 21 heavy (non-hydrogen) atoms. The van der Waals surface area contributed by atoms with Crippen molar-refractivity contribution in [3.05, 3.63) is 29.6 Å². The molecule has 7 heteroatoms. The van der Waals surface area contributed by atoms with E-state index in [1.54, 1.807) is 11.0 Å². The molecule has 1 aromatic heterocycles. The Morgan fingerprint density at radius 3 is 2.90 bits per heavy atom. The smallest absolute Gasteiger partial charge is 0.272 e. The van der Waals surface area contributed by atoms with E-state index in [1.165, 1.54) is 0 Å². The molecule has 0 bridgehead atoms. The number of likely N-dealkylation sites (tertiary alicyclic amines) is 1. The van der Waals surface area contributed by atoms with Gasteiger partial charge in [-0.2, -0.15) is 0 Å². The molecular weight excluding hydrogens is 290 g/mol. The van der Waals surface area contributed by atoms with Gasteiger partial charge in [0, 0.05) is 25.3 Å². The maximum absolute atomic E-state index is 12.4.